The van der Waals surface area contributed by atoms with Crippen molar-refractivity contribution in [2.45, 2.75) is 70.6 Å². The van der Waals surface area contributed by atoms with Gasteiger partial charge in [-0.2, -0.15) is 0 Å². The van der Waals surface area contributed by atoms with E-state index in [0.29, 0.717) is 23.8 Å². The number of halogens is 3. The molecule has 174 valence electrons. The SMILES string of the molecule is CCCc1ccc(-c2c(F)cc(C3CCC(C[C@H](C)c4ccccc4)CC3)cc2F)cc1F. The molecule has 0 nitrogen and oxygen atoms in total. The van der Waals surface area contributed by atoms with Gasteiger partial charge in [0.25, 0.3) is 0 Å². The minimum absolute atomic E-state index is 0.133. The first kappa shape index (κ1) is 23.6. The van der Waals surface area contributed by atoms with E-state index in [9.17, 15) is 4.39 Å². The molecule has 0 aromatic heterocycles. The number of benzene rings is 3. The van der Waals surface area contributed by atoms with Gasteiger partial charge in [0.2, 0.25) is 0 Å². The number of aryl methyl sites for hydroxylation is 1. The third kappa shape index (κ3) is 5.51. The van der Waals surface area contributed by atoms with E-state index < -0.39 is 17.5 Å². The van der Waals surface area contributed by atoms with Gasteiger partial charge in [-0.25, -0.2) is 13.2 Å². The molecule has 0 N–H and O–H groups in total. The molecule has 0 aliphatic heterocycles. The molecule has 0 heterocycles. The van der Waals surface area contributed by atoms with E-state index >= 15 is 8.78 Å². The van der Waals surface area contributed by atoms with Gasteiger partial charge in [0.15, 0.2) is 0 Å². The van der Waals surface area contributed by atoms with Crippen LogP contribution in [0.25, 0.3) is 11.1 Å². The molecule has 1 fully saturated rings. The predicted octanol–water partition coefficient (Wildman–Crippen LogP) is 9.19. The van der Waals surface area contributed by atoms with Gasteiger partial charge in [-0.15, -0.1) is 0 Å². The summed E-state index contributed by atoms with van der Waals surface area (Å²) in [6, 6.07) is 18.0. The maximum atomic E-state index is 15.0. The zero-order valence-electron chi connectivity index (χ0n) is 19.6. The van der Waals surface area contributed by atoms with Gasteiger partial charge >= 0.3 is 0 Å². The van der Waals surface area contributed by atoms with Crippen LogP contribution in [0.2, 0.25) is 0 Å². The fourth-order valence-corrected chi connectivity index (χ4v) is 5.43. The maximum Gasteiger partial charge on any atom is 0.134 e. The van der Waals surface area contributed by atoms with E-state index in [0.717, 1.165) is 44.1 Å². The lowest BCUT2D eigenvalue weighted by Crippen LogP contribution is -2.15. The van der Waals surface area contributed by atoms with Crippen LogP contribution in [-0.2, 0) is 6.42 Å². The second kappa shape index (κ2) is 10.6. The standard InChI is InChI=1S/C30H33F3/c1-3-7-24-14-15-25(17-27(24)31)30-28(32)18-26(19-29(30)33)23-12-10-21(11-13-23)16-20(2)22-8-5-4-6-9-22/h4-6,8-9,14-15,17-21,23H,3,7,10-13,16H2,1-2H3/t20-,21?,23?/m0/s1. The average Bonchev–Trinajstić information content (AvgIpc) is 2.81. The molecule has 3 heteroatoms. The van der Waals surface area contributed by atoms with Crippen LogP contribution >= 0.6 is 0 Å². The molecule has 1 atom stereocenters. The number of hydrogen-bond acceptors (Lipinski definition) is 0. The third-order valence-corrected chi connectivity index (χ3v) is 7.30. The van der Waals surface area contributed by atoms with Crippen molar-refractivity contribution in [3.8, 4) is 11.1 Å². The third-order valence-electron chi connectivity index (χ3n) is 7.30. The summed E-state index contributed by atoms with van der Waals surface area (Å²) in [5, 5.41) is 0. The highest BCUT2D eigenvalue weighted by Gasteiger charge is 2.26. The van der Waals surface area contributed by atoms with Crippen LogP contribution in [0.3, 0.4) is 0 Å². The van der Waals surface area contributed by atoms with E-state index in [2.05, 4.69) is 31.2 Å². The van der Waals surface area contributed by atoms with E-state index in [-0.39, 0.29) is 17.0 Å². The molecule has 4 rings (SSSR count). The van der Waals surface area contributed by atoms with Gasteiger partial charge in [0.05, 0.1) is 5.56 Å². The van der Waals surface area contributed by atoms with Crippen LogP contribution < -0.4 is 0 Å². The Morgan fingerprint density at radius 2 is 1.48 bits per heavy atom. The van der Waals surface area contributed by atoms with Crippen molar-refractivity contribution in [3.05, 3.63) is 94.8 Å². The smallest absolute Gasteiger partial charge is 0.134 e. The molecule has 0 bridgehead atoms. The second-order valence-electron chi connectivity index (χ2n) is 9.68. The summed E-state index contributed by atoms with van der Waals surface area (Å²) in [4.78, 5) is 0. The van der Waals surface area contributed by atoms with Gasteiger partial charge in [-0.05, 0) is 96.7 Å². The van der Waals surface area contributed by atoms with Gasteiger partial charge in [0, 0.05) is 0 Å². The topological polar surface area (TPSA) is 0 Å². The van der Waals surface area contributed by atoms with Gasteiger partial charge in [-0.1, -0.05) is 62.7 Å². The van der Waals surface area contributed by atoms with Crippen LogP contribution in [0, 0.1) is 23.4 Å². The van der Waals surface area contributed by atoms with E-state index in [1.54, 1.807) is 12.1 Å². The molecule has 33 heavy (non-hydrogen) atoms. The molecule has 0 saturated heterocycles. The van der Waals surface area contributed by atoms with Crippen molar-refractivity contribution in [2.75, 3.05) is 0 Å². The lowest BCUT2D eigenvalue weighted by Gasteiger charge is -2.30. The molecular weight excluding hydrogens is 417 g/mol. The van der Waals surface area contributed by atoms with Gasteiger partial charge < -0.3 is 0 Å². The Balaban J connectivity index is 1.43. The van der Waals surface area contributed by atoms with Crippen molar-refractivity contribution in [2.24, 2.45) is 5.92 Å². The van der Waals surface area contributed by atoms with Gasteiger partial charge in [0.1, 0.15) is 17.5 Å². The van der Waals surface area contributed by atoms with Crippen LogP contribution in [0.1, 0.15) is 80.9 Å². The summed E-state index contributed by atoms with van der Waals surface area (Å²) in [7, 11) is 0. The highest BCUT2D eigenvalue weighted by atomic mass is 19.1. The van der Waals surface area contributed by atoms with Crippen molar-refractivity contribution < 1.29 is 13.2 Å². The number of rotatable bonds is 7. The zero-order valence-corrected chi connectivity index (χ0v) is 19.6. The Labute approximate surface area is 195 Å². The van der Waals surface area contributed by atoms with E-state index in [1.165, 1.54) is 23.8 Å². The predicted molar refractivity (Wildman–Crippen MR) is 130 cm³/mol. The Morgan fingerprint density at radius 3 is 2.09 bits per heavy atom. The summed E-state index contributed by atoms with van der Waals surface area (Å²) in [5.41, 5.74) is 2.81. The van der Waals surface area contributed by atoms with Crippen molar-refractivity contribution >= 4 is 0 Å². The quantitative estimate of drug-likeness (QED) is 0.336. The molecule has 1 saturated carbocycles. The lowest BCUT2D eigenvalue weighted by molar-refractivity contribution is 0.296. The summed E-state index contributed by atoms with van der Waals surface area (Å²) < 4.78 is 44.4. The summed E-state index contributed by atoms with van der Waals surface area (Å²) in [6.07, 6.45) is 6.64. The van der Waals surface area contributed by atoms with Crippen molar-refractivity contribution in [1.82, 2.24) is 0 Å². The minimum atomic E-state index is -0.604. The fraction of sp³-hybridized carbons (Fsp3) is 0.400. The Bertz CT molecular complexity index is 1040. The monoisotopic (exact) mass is 450 g/mol. The molecule has 1 aliphatic carbocycles. The molecule has 0 amide bonds. The Kier molecular flexibility index (Phi) is 7.57. The molecule has 0 spiro atoms. The van der Waals surface area contributed by atoms with Crippen LogP contribution in [0.5, 0.6) is 0 Å². The summed E-state index contributed by atoms with van der Waals surface area (Å²) in [5.74, 6) is -0.267. The highest BCUT2D eigenvalue weighted by Crippen LogP contribution is 2.41. The van der Waals surface area contributed by atoms with Crippen molar-refractivity contribution in [3.63, 3.8) is 0 Å². The van der Waals surface area contributed by atoms with Crippen LogP contribution in [0.15, 0.2) is 60.7 Å². The number of hydrogen-bond donors (Lipinski definition) is 0. The van der Waals surface area contributed by atoms with E-state index in [4.69, 9.17) is 0 Å². The largest absolute Gasteiger partial charge is 0.207 e. The molecular formula is C30H33F3. The Morgan fingerprint density at radius 1 is 0.818 bits per heavy atom. The first-order chi connectivity index (χ1) is 16.0. The minimum Gasteiger partial charge on any atom is -0.207 e. The normalized spacial score (nSPS) is 19.4. The summed E-state index contributed by atoms with van der Waals surface area (Å²) >= 11 is 0. The molecule has 3 aromatic carbocycles. The highest BCUT2D eigenvalue weighted by molar-refractivity contribution is 5.66. The average molecular weight is 451 g/mol. The first-order valence-corrected chi connectivity index (χ1v) is 12.3. The fourth-order valence-electron chi connectivity index (χ4n) is 5.43. The van der Waals surface area contributed by atoms with Gasteiger partial charge in [-0.3, -0.25) is 0 Å². The van der Waals surface area contributed by atoms with E-state index in [1.807, 2.05) is 13.0 Å². The molecule has 3 aromatic rings. The maximum absolute atomic E-state index is 15.0. The van der Waals surface area contributed by atoms with Crippen LogP contribution in [0.4, 0.5) is 13.2 Å². The van der Waals surface area contributed by atoms with Crippen molar-refractivity contribution in [1.29, 1.82) is 0 Å². The lowest BCUT2D eigenvalue weighted by atomic mass is 9.75. The zero-order chi connectivity index (χ0) is 23.4. The molecule has 0 radical (unpaired) electrons. The first-order valence-electron chi connectivity index (χ1n) is 12.3. The second-order valence-corrected chi connectivity index (χ2v) is 9.68. The Hall–Kier alpha value is -2.55. The van der Waals surface area contributed by atoms with Crippen LogP contribution in [-0.4, -0.2) is 0 Å². The summed E-state index contributed by atoms with van der Waals surface area (Å²) in [6.45, 7) is 4.26. The molecule has 1 aliphatic rings. The molecule has 0 unspecified atom stereocenters.